The maximum atomic E-state index is 12.1. The van der Waals surface area contributed by atoms with E-state index in [0.29, 0.717) is 10.7 Å². The third-order valence-electron chi connectivity index (χ3n) is 3.93. The number of rotatable bonds is 4. The van der Waals surface area contributed by atoms with Crippen LogP contribution < -0.4 is 5.32 Å². The minimum absolute atomic E-state index is 0.0431. The van der Waals surface area contributed by atoms with Crippen LogP contribution in [-0.2, 0) is 9.53 Å². The van der Waals surface area contributed by atoms with Crippen LogP contribution in [0.3, 0.4) is 0 Å². The van der Waals surface area contributed by atoms with Crippen LogP contribution in [0.25, 0.3) is 21.9 Å². The van der Waals surface area contributed by atoms with Gasteiger partial charge in [-0.3, -0.25) is 4.79 Å². The number of aromatic nitrogens is 1. The van der Waals surface area contributed by atoms with Crippen LogP contribution in [-0.4, -0.2) is 23.5 Å². The van der Waals surface area contributed by atoms with Crippen molar-refractivity contribution in [2.45, 2.75) is 0 Å². The highest BCUT2D eigenvalue weighted by Crippen LogP contribution is 2.30. The van der Waals surface area contributed by atoms with Gasteiger partial charge in [-0.05, 0) is 36.4 Å². The van der Waals surface area contributed by atoms with Gasteiger partial charge in [0.2, 0.25) is 0 Å². The first kappa shape index (κ1) is 17.1. The SMILES string of the molecule is O=C(COC(=O)c1cc(Cl)ccn1)Nc1ccc2oc3ccccc3c2c1. The molecule has 0 aliphatic rings. The van der Waals surface area contributed by atoms with Gasteiger partial charge in [0.15, 0.2) is 6.61 Å². The zero-order valence-corrected chi connectivity index (χ0v) is 14.7. The fourth-order valence-electron chi connectivity index (χ4n) is 2.72. The van der Waals surface area contributed by atoms with E-state index in [1.165, 1.54) is 12.3 Å². The van der Waals surface area contributed by atoms with Gasteiger partial charge in [-0.15, -0.1) is 0 Å². The minimum atomic E-state index is -0.719. The normalized spacial score (nSPS) is 10.9. The molecule has 0 aliphatic carbocycles. The third kappa shape index (κ3) is 3.61. The Labute approximate surface area is 158 Å². The zero-order chi connectivity index (χ0) is 18.8. The molecule has 0 saturated heterocycles. The van der Waals surface area contributed by atoms with E-state index in [4.69, 9.17) is 20.8 Å². The van der Waals surface area contributed by atoms with Gasteiger partial charge in [0.1, 0.15) is 16.9 Å². The molecule has 6 nitrogen and oxygen atoms in total. The molecule has 0 aliphatic heterocycles. The highest BCUT2D eigenvalue weighted by atomic mass is 35.5. The van der Waals surface area contributed by atoms with Crippen molar-refractivity contribution < 1.29 is 18.7 Å². The molecule has 0 radical (unpaired) electrons. The molecule has 0 saturated carbocycles. The van der Waals surface area contributed by atoms with E-state index >= 15 is 0 Å². The van der Waals surface area contributed by atoms with Gasteiger partial charge in [-0.1, -0.05) is 29.8 Å². The predicted octanol–water partition coefficient (Wildman–Crippen LogP) is 4.43. The number of benzene rings is 2. The van der Waals surface area contributed by atoms with Crippen LogP contribution in [0.5, 0.6) is 0 Å². The lowest BCUT2D eigenvalue weighted by molar-refractivity contribution is -0.119. The Morgan fingerprint density at radius 3 is 2.70 bits per heavy atom. The Bertz CT molecular complexity index is 1170. The van der Waals surface area contributed by atoms with Gasteiger partial charge in [0.25, 0.3) is 5.91 Å². The van der Waals surface area contributed by atoms with Gasteiger partial charge >= 0.3 is 5.97 Å². The molecule has 2 heterocycles. The number of fused-ring (bicyclic) bond motifs is 3. The number of amides is 1. The monoisotopic (exact) mass is 380 g/mol. The average molecular weight is 381 g/mol. The molecule has 2 aromatic heterocycles. The second kappa shape index (κ2) is 7.09. The molecule has 0 spiro atoms. The quantitative estimate of drug-likeness (QED) is 0.530. The molecule has 2 aromatic carbocycles. The predicted molar refractivity (Wildman–Crippen MR) is 102 cm³/mol. The summed E-state index contributed by atoms with van der Waals surface area (Å²) >= 11 is 5.80. The lowest BCUT2D eigenvalue weighted by atomic mass is 10.1. The number of nitrogens with one attached hydrogen (secondary N) is 1. The van der Waals surface area contributed by atoms with Gasteiger partial charge in [0, 0.05) is 27.7 Å². The first-order chi connectivity index (χ1) is 13.1. The van der Waals surface area contributed by atoms with Crippen LogP contribution in [0.1, 0.15) is 10.5 Å². The van der Waals surface area contributed by atoms with Crippen molar-refractivity contribution in [2.24, 2.45) is 0 Å². The number of carbonyl (C=O) groups excluding carboxylic acids is 2. The van der Waals surface area contributed by atoms with Crippen LogP contribution >= 0.6 is 11.6 Å². The highest BCUT2D eigenvalue weighted by molar-refractivity contribution is 6.30. The molecular weight excluding hydrogens is 368 g/mol. The first-order valence-corrected chi connectivity index (χ1v) is 8.48. The van der Waals surface area contributed by atoms with Gasteiger partial charge in [-0.25, -0.2) is 9.78 Å². The number of esters is 1. The molecular formula is C20H13ClN2O4. The van der Waals surface area contributed by atoms with Crippen molar-refractivity contribution in [3.8, 4) is 0 Å². The van der Waals surface area contributed by atoms with E-state index in [1.807, 2.05) is 30.3 Å². The molecule has 0 fully saturated rings. The summed E-state index contributed by atoms with van der Waals surface area (Å²) < 4.78 is 10.7. The summed E-state index contributed by atoms with van der Waals surface area (Å²) in [6.45, 7) is -0.433. The molecule has 1 amide bonds. The fraction of sp³-hybridized carbons (Fsp3) is 0.0500. The number of anilines is 1. The van der Waals surface area contributed by atoms with Gasteiger partial charge in [-0.2, -0.15) is 0 Å². The fourth-order valence-corrected chi connectivity index (χ4v) is 2.88. The summed E-state index contributed by atoms with van der Waals surface area (Å²) in [5, 5.41) is 4.92. The molecule has 0 bridgehead atoms. The number of para-hydroxylation sites is 1. The summed E-state index contributed by atoms with van der Waals surface area (Å²) in [7, 11) is 0. The number of halogens is 1. The Morgan fingerprint density at radius 1 is 1.04 bits per heavy atom. The Hall–Kier alpha value is -3.38. The molecule has 0 unspecified atom stereocenters. The lowest BCUT2D eigenvalue weighted by Crippen LogP contribution is -2.21. The third-order valence-corrected chi connectivity index (χ3v) is 4.16. The Kier molecular flexibility index (Phi) is 4.48. The number of hydrogen-bond acceptors (Lipinski definition) is 5. The second-order valence-electron chi connectivity index (χ2n) is 5.79. The standard InChI is InChI=1S/C20H13ClN2O4/c21-12-7-8-22-16(9-12)20(25)26-11-19(24)23-13-5-6-18-15(10-13)14-3-1-2-4-17(14)27-18/h1-10H,11H2,(H,23,24). The average Bonchev–Trinajstić information content (AvgIpc) is 3.04. The second-order valence-corrected chi connectivity index (χ2v) is 6.23. The van der Waals surface area contributed by atoms with Crippen LogP contribution in [0.2, 0.25) is 5.02 Å². The molecule has 1 N–H and O–H groups in total. The lowest BCUT2D eigenvalue weighted by Gasteiger charge is -2.06. The van der Waals surface area contributed by atoms with E-state index in [0.717, 1.165) is 21.9 Å². The van der Waals surface area contributed by atoms with E-state index in [9.17, 15) is 9.59 Å². The molecule has 4 rings (SSSR count). The molecule has 7 heteroatoms. The Balaban J connectivity index is 1.45. The smallest absolute Gasteiger partial charge is 0.357 e. The van der Waals surface area contributed by atoms with E-state index in [1.54, 1.807) is 18.2 Å². The number of hydrogen-bond donors (Lipinski definition) is 1. The number of nitrogens with zero attached hydrogens (tertiary/aromatic N) is 1. The van der Waals surface area contributed by atoms with Crippen molar-refractivity contribution in [3.05, 3.63) is 71.5 Å². The van der Waals surface area contributed by atoms with Crippen LogP contribution in [0.4, 0.5) is 5.69 Å². The summed E-state index contributed by atoms with van der Waals surface area (Å²) in [6.07, 6.45) is 1.39. The first-order valence-electron chi connectivity index (χ1n) is 8.10. The molecule has 134 valence electrons. The van der Waals surface area contributed by atoms with Crippen molar-refractivity contribution >= 4 is 51.1 Å². The maximum Gasteiger partial charge on any atom is 0.357 e. The molecule has 27 heavy (non-hydrogen) atoms. The molecule has 4 aromatic rings. The zero-order valence-electron chi connectivity index (χ0n) is 13.9. The summed E-state index contributed by atoms with van der Waals surface area (Å²) in [4.78, 5) is 27.9. The van der Waals surface area contributed by atoms with Crippen LogP contribution in [0, 0.1) is 0 Å². The van der Waals surface area contributed by atoms with Crippen molar-refractivity contribution in [1.82, 2.24) is 4.98 Å². The summed E-state index contributed by atoms with van der Waals surface area (Å²) in [5.74, 6) is -1.18. The Morgan fingerprint density at radius 2 is 1.85 bits per heavy atom. The molecule has 0 atom stereocenters. The summed E-state index contributed by atoms with van der Waals surface area (Å²) in [5.41, 5.74) is 2.13. The van der Waals surface area contributed by atoms with Gasteiger partial charge in [0.05, 0.1) is 0 Å². The van der Waals surface area contributed by atoms with Crippen molar-refractivity contribution in [1.29, 1.82) is 0 Å². The van der Waals surface area contributed by atoms with Crippen molar-refractivity contribution in [3.63, 3.8) is 0 Å². The van der Waals surface area contributed by atoms with E-state index < -0.39 is 18.5 Å². The maximum absolute atomic E-state index is 12.1. The number of furan rings is 1. The minimum Gasteiger partial charge on any atom is -0.456 e. The van der Waals surface area contributed by atoms with Gasteiger partial charge < -0.3 is 14.5 Å². The largest absolute Gasteiger partial charge is 0.456 e. The highest BCUT2D eigenvalue weighted by Gasteiger charge is 2.13. The number of carbonyl (C=O) groups is 2. The number of ether oxygens (including phenoxy) is 1. The van der Waals surface area contributed by atoms with Crippen molar-refractivity contribution in [2.75, 3.05) is 11.9 Å². The van der Waals surface area contributed by atoms with E-state index in [2.05, 4.69) is 10.3 Å². The summed E-state index contributed by atoms with van der Waals surface area (Å²) in [6, 6.07) is 15.9. The number of pyridine rings is 1. The topological polar surface area (TPSA) is 81.4 Å². The van der Waals surface area contributed by atoms with E-state index in [-0.39, 0.29) is 5.69 Å². The van der Waals surface area contributed by atoms with Crippen LogP contribution in [0.15, 0.2) is 65.2 Å².